The van der Waals surface area contributed by atoms with Gasteiger partial charge >= 0.3 is 0 Å². The number of guanidine groups is 1. The summed E-state index contributed by atoms with van der Waals surface area (Å²) in [7, 11) is 1.72. The lowest BCUT2D eigenvalue weighted by molar-refractivity contribution is 0.202. The molecule has 0 radical (unpaired) electrons. The van der Waals surface area contributed by atoms with E-state index in [-0.39, 0.29) is 0 Å². The van der Waals surface area contributed by atoms with Gasteiger partial charge < -0.3 is 15.4 Å². The Morgan fingerprint density at radius 2 is 2.31 bits per heavy atom. The van der Waals surface area contributed by atoms with Crippen molar-refractivity contribution < 1.29 is 4.74 Å². The summed E-state index contributed by atoms with van der Waals surface area (Å²) in [4.78, 5) is 4.32. The maximum atomic E-state index is 5.10. The lowest BCUT2D eigenvalue weighted by atomic mass is 10.1. The largest absolute Gasteiger partial charge is 0.384 e. The Bertz CT molecular complexity index is 376. The summed E-state index contributed by atoms with van der Waals surface area (Å²) < 4.78 is 5.10. The van der Waals surface area contributed by atoms with E-state index in [0.717, 1.165) is 37.8 Å². The molecule has 0 bridgehead atoms. The highest BCUT2D eigenvalue weighted by Gasteiger charge is 2.07. The van der Waals surface area contributed by atoms with Gasteiger partial charge in [-0.3, -0.25) is 4.99 Å². The smallest absolute Gasteiger partial charge is 0.195 e. The van der Waals surface area contributed by atoms with Crippen LogP contribution in [-0.2, 0) is 11.2 Å². The second-order valence-corrected chi connectivity index (χ2v) is 3.68. The number of rotatable bonds is 4. The molecule has 16 heavy (non-hydrogen) atoms. The van der Waals surface area contributed by atoms with Gasteiger partial charge in [-0.1, -0.05) is 18.2 Å². The Labute approximate surface area is 95.7 Å². The van der Waals surface area contributed by atoms with Crippen molar-refractivity contribution in [1.82, 2.24) is 5.32 Å². The lowest BCUT2D eigenvalue weighted by Gasteiger charge is -2.11. The van der Waals surface area contributed by atoms with Crippen LogP contribution in [0, 0.1) is 0 Å². The third-order valence-electron chi connectivity index (χ3n) is 2.52. The molecular formula is C12H17N3O. The molecule has 4 heteroatoms. The number of nitrogens with zero attached hydrogens (tertiary/aromatic N) is 1. The van der Waals surface area contributed by atoms with E-state index >= 15 is 0 Å². The van der Waals surface area contributed by atoms with Crippen molar-refractivity contribution in [3.63, 3.8) is 0 Å². The van der Waals surface area contributed by atoms with Gasteiger partial charge in [0.05, 0.1) is 13.2 Å². The molecule has 1 aromatic rings. The normalized spacial score (nSPS) is 14.4. The number of hydrogen-bond donors (Lipinski definition) is 2. The highest BCUT2D eigenvalue weighted by molar-refractivity contribution is 5.95. The van der Waals surface area contributed by atoms with E-state index in [2.05, 4.69) is 27.8 Å². The highest BCUT2D eigenvalue weighted by Crippen LogP contribution is 2.15. The van der Waals surface area contributed by atoms with Gasteiger partial charge in [0.25, 0.3) is 0 Å². The number of aliphatic imine (C=N–C) groups is 1. The zero-order chi connectivity index (χ0) is 11.2. The minimum absolute atomic E-state index is 0.735. The first-order chi connectivity index (χ1) is 7.90. The number of hydrogen-bond acceptors (Lipinski definition) is 4. The zero-order valence-electron chi connectivity index (χ0n) is 9.49. The number of benzene rings is 1. The third kappa shape index (κ3) is 2.73. The number of para-hydroxylation sites is 1. The van der Waals surface area contributed by atoms with Gasteiger partial charge in [-0.25, -0.2) is 0 Å². The molecule has 86 valence electrons. The van der Waals surface area contributed by atoms with Gasteiger partial charge in [0.2, 0.25) is 0 Å². The standard InChI is InChI=1S/C12H17N3O/c1-16-9-6-10-4-2-3-5-11(10)15-12-13-7-8-14-12/h2-5H,6-9H2,1H3,(H2,13,14,15). The molecule has 0 spiro atoms. The molecule has 4 nitrogen and oxygen atoms in total. The monoisotopic (exact) mass is 219 g/mol. The number of anilines is 1. The predicted octanol–water partition coefficient (Wildman–Crippen LogP) is 1.25. The summed E-state index contributed by atoms with van der Waals surface area (Å²) in [6.07, 6.45) is 0.910. The van der Waals surface area contributed by atoms with Gasteiger partial charge in [0.1, 0.15) is 0 Å². The molecule has 0 aliphatic carbocycles. The van der Waals surface area contributed by atoms with Crippen LogP contribution in [-0.4, -0.2) is 32.8 Å². The first kappa shape index (κ1) is 11.0. The van der Waals surface area contributed by atoms with Crippen LogP contribution in [0.1, 0.15) is 5.56 Å². The molecule has 0 saturated carbocycles. The second kappa shape index (κ2) is 5.51. The van der Waals surface area contributed by atoms with Crippen LogP contribution in [0.15, 0.2) is 29.3 Å². The number of methoxy groups -OCH3 is 1. The predicted molar refractivity (Wildman–Crippen MR) is 65.9 cm³/mol. The summed E-state index contributed by atoms with van der Waals surface area (Å²) in [5.41, 5.74) is 2.36. The van der Waals surface area contributed by atoms with Crippen LogP contribution in [0.4, 0.5) is 5.69 Å². The average molecular weight is 219 g/mol. The lowest BCUT2D eigenvalue weighted by Crippen LogP contribution is -2.26. The van der Waals surface area contributed by atoms with E-state index in [9.17, 15) is 0 Å². The van der Waals surface area contributed by atoms with Crippen molar-refractivity contribution in [3.05, 3.63) is 29.8 Å². The first-order valence-corrected chi connectivity index (χ1v) is 5.52. The summed E-state index contributed by atoms with van der Waals surface area (Å²) in [5.74, 6) is 0.866. The summed E-state index contributed by atoms with van der Waals surface area (Å²) in [5, 5.41) is 6.50. The van der Waals surface area contributed by atoms with Crippen LogP contribution in [0.25, 0.3) is 0 Å². The molecule has 0 fully saturated rings. The average Bonchev–Trinajstić information content (AvgIpc) is 2.81. The Morgan fingerprint density at radius 1 is 1.44 bits per heavy atom. The van der Waals surface area contributed by atoms with Crippen LogP contribution in [0.3, 0.4) is 0 Å². The van der Waals surface area contributed by atoms with E-state index in [1.807, 2.05) is 12.1 Å². The minimum atomic E-state index is 0.735. The summed E-state index contributed by atoms with van der Waals surface area (Å²) >= 11 is 0. The van der Waals surface area contributed by atoms with E-state index in [1.54, 1.807) is 7.11 Å². The molecule has 0 unspecified atom stereocenters. The fourth-order valence-electron chi connectivity index (χ4n) is 1.68. The molecular weight excluding hydrogens is 202 g/mol. The van der Waals surface area contributed by atoms with Crippen molar-refractivity contribution >= 4 is 11.6 Å². The molecule has 2 rings (SSSR count). The quantitative estimate of drug-likeness (QED) is 0.801. The van der Waals surface area contributed by atoms with Gasteiger partial charge in [-0.05, 0) is 18.1 Å². The van der Waals surface area contributed by atoms with Gasteiger partial charge in [0.15, 0.2) is 5.96 Å². The van der Waals surface area contributed by atoms with Gasteiger partial charge in [0, 0.05) is 19.3 Å². The SMILES string of the molecule is COCCc1ccccc1NC1=NCCN1. The van der Waals surface area contributed by atoms with Crippen LogP contribution in [0.2, 0.25) is 0 Å². The summed E-state index contributed by atoms with van der Waals surface area (Å²) in [6.45, 7) is 2.50. The minimum Gasteiger partial charge on any atom is -0.384 e. The maximum absolute atomic E-state index is 5.10. The van der Waals surface area contributed by atoms with Crippen molar-refractivity contribution in [2.75, 3.05) is 32.1 Å². The maximum Gasteiger partial charge on any atom is 0.195 e. The molecule has 1 aliphatic heterocycles. The van der Waals surface area contributed by atoms with Crippen LogP contribution >= 0.6 is 0 Å². The van der Waals surface area contributed by atoms with Crippen molar-refractivity contribution in [2.45, 2.75) is 6.42 Å². The fourth-order valence-corrected chi connectivity index (χ4v) is 1.68. The van der Waals surface area contributed by atoms with Gasteiger partial charge in [-0.15, -0.1) is 0 Å². The topological polar surface area (TPSA) is 45.6 Å². The fraction of sp³-hybridized carbons (Fsp3) is 0.417. The van der Waals surface area contributed by atoms with E-state index < -0.39 is 0 Å². The molecule has 2 N–H and O–H groups in total. The Morgan fingerprint density at radius 3 is 3.06 bits per heavy atom. The molecule has 0 atom stereocenters. The number of nitrogens with one attached hydrogen (secondary N) is 2. The van der Waals surface area contributed by atoms with Crippen molar-refractivity contribution in [3.8, 4) is 0 Å². The highest BCUT2D eigenvalue weighted by atomic mass is 16.5. The zero-order valence-corrected chi connectivity index (χ0v) is 9.49. The number of ether oxygens (including phenoxy) is 1. The molecule has 0 saturated heterocycles. The Kier molecular flexibility index (Phi) is 3.77. The van der Waals surface area contributed by atoms with Crippen molar-refractivity contribution in [1.29, 1.82) is 0 Å². The van der Waals surface area contributed by atoms with Crippen LogP contribution < -0.4 is 10.6 Å². The van der Waals surface area contributed by atoms with E-state index in [1.165, 1.54) is 5.56 Å². The van der Waals surface area contributed by atoms with E-state index in [0.29, 0.717) is 0 Å². The molecule has 1 aliphatic rings. The molecule has 1 heterocycles. The second-order valence-electron chi connectivity index (χ2n) is 3.68. The van der Waals surface area contributed by atoms with Crippen LogP contribution in [0.5, 0.6) is 0 Å². The van der Waals surface area contributed by atoms with Gasteiger partial charge in [-0.2, -0.15) is 0 Å². The third-order valence-corrected chi connectivity index (χ3v) is 2.52. The first-order valence-electron chi connectivity index (χ1n) is 5.52. The molecule has 1 aromatic carbocycles. The van der Waals surface area contributed by atoms with E-state index in [4.69, 9.17) is 4.74 Å². The summed E-state index contributed by atoms with van der Waals surface area (Å²) in [6, 6.07) is 8.23. The Hall–Kier alpha value is -1.55. The molecule has 0 amide bonds. The molecule has 0 aromatic heterocycles. The van der Waals surface area contributed by atoms with Crippen molar-refractivity contribution in [2.24, 2.45) is 4.99 Å². The Balaban J connectivity index is 2.06.